The molecule has 7 nitrogen and oxygen atoms in total. The maximum absolute atomic E-state index is 13.8. The van der Waals surface area contributed by atoms with Gasteiger partial charge in [0.25, 0.3) is 10.0 Å². The number of carbonyl (C=O) groups excluding carboxylic acids is 2. The summed E-state index contributed by atoms with van der Waals surface area (Å²) in [6, 6.07) is 19.2. The van der Waals surface area contributed by atoms with Gasteiger partial charge in [-0.3, -0.25) is 13.9 Å². The summed E-state index contributed by atoms with van der Waals surface area (Å²) in [6.07, 6.45) is 0. The quantitative estimate of drug-likeness (QED) is 0.346. The molecule has 3 aromatic carbocycles. The lowest BCUT2D eigenvalue weighted by molar-refractivity contribution is -0.139. The van der Waals surface area contributed by atoms with Gasteiger partial charge in [-0.25, -0.2) is 8.42 Å². The van der Waals surface area contributed by atoms with Crippen molar-refractivity contribution in [2.45, 2.75) is 38.3 Å². The largest absolute Gasteiger partial charge is 0.355 e. The second-order valence-corrected chi connectivity index (χ2v) is 11.7. The van der Waals surface area contributed by atoms with Crippen molar-refractivity contribution in [3.63, 3.8) is 0 Å². The average Bonchev–Trinajstić information content (AvgIpc) is 2.87. The van der Waals surface area contributed by atoms with Gasteiger partial charge in [-0.15, -0.1) is 0 Å². The number of hydrogen-bond acceptors (Lipinski definition) is 4. The SMILES string of the molecule is CCNC(=O)[C@H](C)N(Cc1ccc(Br)cc1)C(=O)CN(c1ccc(Cl)cc1)S(=O)(=O)c1ccc(C)cc1. The monoisotopic (exact) mass is 605 g/mol. The van der Waals surface area contributed by atoms with Crippen molar-refractivity contribution in [3.05, 3.63) is 93.4 Å². The lowest BCUT2D eigenvalue weighted by Crippen LogP contribution is -2.51. The Kier molecular flexibility index (Phi) is 9.75. The highest BCUT2D eigenvalue weighted by Gasteiger charge is 2.32. The molecule has 0 spiro atoms. The number of likely N-dealkylation sites (N-methyl/N-ethyl adjacent to an activating group) is 1. The lowest BCUT2D eigenvalue weighted by Gasteiger charge is -2.32. The van der Waals surface area contributed by atoms with Gasteiger partial charge >= 0.3 is 0 Å². The molecule has 3 rings (SSSR count). The lowest BCUT2D eigenvalue weighted by atomic mass is 10.1. The van der Waals surface area contributed by atoms with E-state index in [-0.39, 0.29) is 23.0 Å². The van der Waals surface area contributed by atoms with Gasteiger partial charge in [0.1, 0.15) is 12.6 Å². The van der Waals surface area contributed by atoms with Crippen LogP contribution in [-0.2, 0) is 26.2 Å². The summed E-state index contributed by atoms with van der Waals surface area (Å²) in [5.41, 5.74) is 1.99. The van der Waals surface area contributed by atoms with Crippen LogP contribution in [0.3, 0.4) is 0 Å². The first-order valence-corrected chi connectivity index (χ1v) is 14.3. The minimum absolute atomic E-state index is 0.0529. The molecule has 0 radical (unpaired) electrons. The number of amides is 2. The van der Waals surface area contributed by atoms with E-state index in [1.165, 1.54) is 17.0 Å². The predicted octanol–water partition coefficient (Wildman–Crippen LogP) is 5.16. The van der Waals surface area contributed by atoms with E-state index >= 15 is 0 Å². The molecule has 37 heavy (non-hydrogen) atoms. The number of rotatable bonds is 10. The highest BCUT2D eigenvalue weighted by Crippen LogP contribution is 2.26. The molecule has 0 aliphatic carbocycles. The number of sulfonamides is 1. The molecule has 0 aromatic heterocycles. The third-order valence-corrected chi connectivity index (χ3v) is 8.36. The van der Waals surface area contributed by atoms with E-state index in [0.29, 0.717) is 11.6 Å². The summed E-state index contributed by atoms with van der Waals surface area (Å²) >= 11 is 9.44. The summed E-state index contributed by atoms with van der Waals surface area (Å²) < 4.78 is 29.4. The van der Waals surface area contributed by atoms with Crippen LogP contribution in [0.25, 0.3) is 0 Å². The van der Waals surface area contributed by atoms with E-state index in [4.69, 9.17) is 11.6 Å². The first-order valence-electron chi connectivity index (χ1n) is 11.7. The van der Waals surface area contributed by atoms with Gasteiger partial charge in [0.15, 0.2) is 0 Å². The first kappa shape index (κ1) is 28.7. The Hall–Kier alpha value is -2.88. The fourth-order valence-electron chi connectivity index (χ4n) is 3.66. The molecule has 0 fully saturated rings. The summed E-state index contributed by atoms with van der Waals surface area (Å²) in [5.74, 6) is -0.847. The van der Waals surface area contributed by atoms with E-state index < -0.39 is 28.5 Å². The first-order chi connectivity index (χ1) is 17.5. The van der Waals surface area contributed by atoms with Crippen molar-refractivity contribution >= 4 is 55.1 Å². The van der Waals surface area contributed by atoms with Gasteiger partial charge in [-0.1, -0.05) is 57.4 Å². The summed E-state index contributed by atoms with van der Waals surface area (Å²) in [5, 5.41) is 3.18. The van der Waals surface area contributed by atoms with Gasteiger partial charge in [0.05, 0.1) is 10.6 Å². The van der Waals surface area contributed by atoms with Gasteiger partial charge in [0, 0.05) is 22.6 Å². The molecule has 1 N–H and O–H groups in total. The number of nitrogens with zero attached hydrogens (tertiary/aromatic N) is 2. The average molecular weight is 607 g/mol. The molecule has 0 heterocycles. The van der Waals surface area contributed by atoms with Crippen LogP contribution in [-0.4, -0.2) is 44.3 Å². The smallest absolute Gasteiger partial charge is 0.264 e. The van der Waals surface area contributed by atoms with E-state index in [1.807, 2.05) is 31.2 Å². The van der Waals surface area contributed by atoms with Crippen LogP contribution in [0.1, 0.15) is 25.0 Å². The zero-order valence-electron chi connectivity index (χ0n) is 20.8. The number of hydrogen-bond donors (Lipinski definition) is 1. The zero-order chi connectivity index (χ0) is 27.2. The number of aryl methyl sites for hydroxylation is 1. The van der Waals surface area contributed by atoms with Crippen LogP contribution in [0, 0.1) is 6.92 Å². The third-order valence-electron chi connectivity index (χ3n) is 5.79. The molecule has 0 aliphatic rings. The molecule has 0 bridgehead atoms. The Morgan fingerprint density at radius 3 is 2.14 bits per heavy atom. The maximum atomic E-state index is 13.8. The summed E-state index contributed by atoms with van der Waals surface area (Å²) in [6.45, 7) is 5.31. The van der Waals surface area contributed by atoms with E-state index in [9.17, 15) is 18.0 Å². The summed E-state index contributed by atoms with van der Waals surface area (Å²) in [7, 11) is -4.11. The van der Waals surface area contributed by atoms with Crippen LogP contribution >= 0.6 is 27.5 Å². The molecule has 0 saturated carbocycles. The van der Waals surface area contributed by atoms with Gasteiger partial charge in [0.2, 0.25) is 11.8 Å². The summed E-state index contributed by atoms with van der Waals surface area (Å²) in [4.78, 5) is 27.9. The number of benzene rings is 3. The molecule has 1 atom stereocenters. The number of nitrogens with one attached hydrogen (secondary N) is 1. The van der Waals surface area contributed by atoms with Crippen molar-refractivity contribution in [1.82, 2.24) is 10.2 Å². The Labute approximate surface area is 231 Å². The van der Waals surface area contributed by atoms with Crippen LogP contribution in [0.15, 0.2) is 82.2 Å². The van der Waals surface area contributed by atoms with Gasteiger partial charge in [-0.2, -0.15) is 0 Å². The van der Waals surface area contributed by atoms with Gasteiger partial charge in [-0.05, 0) is 74.9 Å². The molecule has 2 amide bonds. The second-order valence-electron chi connectivity index (χ2n) is 8.52. The minimum atomic E-state index is -4.11. The van der Waals surface area contributed by atoms with E-state index in [2.05, 4.69) is 21.2 Å². The van der Waals surface area contributed by atoms with Crippen LogP contribution in [0.5, 0.6) is 0 Å². The Morgan fingerprint density at radius 1 is 0.973 bits per heavy atom. The fraction of sp³-hybridized carbons (Fsp3) is 0.259. The molecule has 3 aromatic rings. The standard InChI is InChI=1S/C27H29BrClN3O4S/c1-4-30-27(34)20(3)31(17-21-7-9-22(28)10-8-21)26(33)18-32(24-13-11-23(29)12-14-24)37(35,36)25-15-5-19(2)6-16-25/h5-16,20H,4,17-18H2,1-3H3,(H,30,34)/t20-/m0/s1. The fourth-order valence-corrected chi connectivity index (χ4v) is 5.47. The van der Waals surface area contributed by atoms with Crippen molar-refractivity contribution in [2.24, 2.45) is 0 Å². The van der Waals surface area contributed by atoms with Crippen molar-refractivity contribution in [1.29, 1.82) is 0 Å². The molecule has 0 aliphatic heterocycles. The van der Waals surface area contributed by atoms with Crippen molar-refractivity contribution in [2.75, 3.05) is 17.4 Å². The third kappa shape index (κ3) is 7.34. The molecule has 196 valence electrons. The number of halogens is 2. The Balaban J connectivity index is 2.01. The Bertz CT molecular complexity index is 1330. The molecule has 10 heteroatoms. The normalized spacial score (nSPS) is 12.0. The maximum Gasteiger partial charge on any atom is 0.264 e. The zero-order valence-corrected chi connectivity index (χ0v) is 24.0. The topological polar surface area (TPSA) is 86.8 Å². The van der Waals surface area contributed by atoms with Crippen LogP contribution in [0.2, 0.25) is 5.02 Å². The highest BCUT2D eigenvalue weighted by molar-refractivity contribution is 9.10. The second kappa shape index (κ2) is 12.6. The van der Waals surface area contributed by atoms with Crippen LogP contribution < -0.4 is 9.62 Å². The predicted molar refractivity (Wildman–Crippen MR) is 150 cm³/mol. The molecular weight excluding hydrogens is 578 g/mol. The van der Waals surface area contributed by atoms with Crippen molar-refractivity contribution < 1.29 is 18.0 Å². The Morgan fingerprint density at radius 2 is 1.57 bits per heavy atom. The minimum Gasteiger partial charge on any atom is -0.355 e. The van der Waals surface area contributed by atoms with E-state index in [1.54, 1.807) is 50.2 Å². The van der Waals surface area contributed by atoms with Crippen LogP contribution in [0.4, 0.5) is 5.69 Å². The van der Waals surface area contributed by atoms with E-state index in [0.717, 1.165) is 19.9 Å². The van der Waals surface area contributed by atoms with Crippen molar-refractivity contribution in [3.8, 4) is 0 Å². The highest BCUT2D eigenvalue weighted by atomic mass is 79.9. The number of anilines is 1. The molecule has 0 saturated heterocycles. The molecule has 0 unspecified atom stereocenters. The van der Waals surface area contributed by atoms with Gasteiger partial charge < -0.3 is 10.2 Å². The molecular formula is C27H29BrClN3O4S. The number of carbonyl (C=O) groups is 2.